The van der Waals surface area contributed by atoms with E-state index in [-0.39, 0.29) is 39.5 Å². The maximum Gasteiger partial charge on any atom is 0.204 e. The van der Waals surface area contributed by atoms with Gasteiger partial charge in [0.15, 0.2) is 11.5 Å². The van der Waals surface area contributed by atoms with Crippen LogP contribution >= 0.6 is 0 Å². The molecule has 24 heavy (non-hydrogen) atoms. The molecule has 0 saturated heterocycles. The van der Waals surface area contributed by atoms with Gasteiger partial charge in [-0.05, 0) is 13.0 Å². The highest BCUT2D eigenvalue weighted by Gasteiger charge is 2.42. The molecule has 1 unspecified atom stereocenters. The van der Waals surface area contributed by atoms with E-state index >= 15 is 0 Å². The van der Waals surface area contributed by atoms with Crippen molar-refractivity contribution in [3.05, 3.63) is 34.0 Å². The molecule has 124 valence electrons. The van der Waals surface area contributed by atoms with Gasteiger partial charge in [0.2, 0.25) is 5.43 Å². The average molecular weight is 328 g/mol. The third kappa shape index (κ3) is 1.68. The summed E-state index contributed by atoms with van der Waals surface area (Å²) in [5, 5.41) is 30.1. The number of aromatic hydroxyl groups is 3. The van der Waals surface area contributed by atoms with Crippen molar-refractivity contribution in [3.63, 3.8) is 0 Å². The Bertz CT molecular complexity index is 1080. The molecule has 3 N–H and O–H groups in total. The standard InChI is InChI=1S/C18H16O6/c1-7-18(2,3)15-13(23-7)6-12-14(17(15)22)16(21)8-4-9(19)10(20)5-11(8)24-12/h4-7,19-20,22H,1-3H3. The van der Waals surface area contributed by atoms with Crippen molar-refractivity contribution in [1.82, 2.24) is 0 Å². The van der Waals surface area contributed by atoms with Gasteiger partial charge in [-0.25, -0.2) is 0 Å². The van der Waals surface area contributed by atoms with Crippen molar-refractivity contribution in [2.45, 2.75) is 32.3 Å². The van der Waals surface area contributed by atoms with Crippen LogP contribution in [0.2, 0.25) is 0 Å². The quantitative estimate of drug-likeness (QED) is 0.433. The van der Waals surface area contributed by atoms with Gasteiger partial charge >= 0.3 is 0 Å². The molecule has 1 aromatic heterocycles. The molecule has 3 aromatic rings. The van der Waals surface area contributed by atoms with E-state index in [1.807, 2.05) is 20.8 Å². The van der Waals surface area contributed by atoms with E-state index in [0.717, 1.165) is 6.07 Å². The summed E-state index contributed by atoms with van der Waals surface area (Å²) in [6.45, 7) is 5.76. The van der Waals surface area contributed by atoms with Crippen LogP contribution < -0.4 is 10.2 Å². The van der Waals surface area contributed by atoms with Crippen LogP contribution in [-0.2, 0) is 5.41 Å². The van der Waals surface area contributed by atoms with Gasteiger partial charge in [-0.2, -0.15) is 0 Å². The molecule has 0 amide bonds. The first-order valence-corrected chi connectivity index (χ1v) is 7.57. The lowest BCUT2D eigenvalue weighted by Crippen LogP contribution is -2.29. The molecule has 0 aliphatic carbocycles. The highest BCUT2D eigenvalue weighted by Crippen LogP contribution is 2.50. The molecule has 6 nitrogen and oxygen atoms in total. The third-order valence-electron chi connectivity index (χ3n) is 4.96. The lowest BCUT2D eigenvalue weighted by molar-refractivity contribution is 0.185. The zero-order valence-corrected chi connectivity index (χ0v) is 13.4. The van der Waals surface area contributed by atoms with Crippen molar-refractivity contribution in [1.29, 1.82) is 0 Å². The van der Waals surface area contributed by atoms with Crippen LogP contribution in [0, 0.1) is 0 Å². The molecule has 1 atom stereocenters. The maximum atomic E-state index is 12.8. The summed E-state index contributed by atoms with van der Waals surface area (Å²) in [6.07, 6.45) is -0.173. The fourth-order valence-electron chi connectivity index (χ4n) is 3.25. The topological polar surface area (TPSA) is 100 Å². The number of phenolic OH excluding ortho intramolecular Hbond substituents is 3. The van der Waals surface area contributed by atoms with Crippen LogP contribution in [0.15, 0.2) is 27.4 Å². The number of hydrogen-bond donors (Lipinski definition) is 3. The SMILES string of the molecule is CC1Oc2cc3oc4cc(O)c(O)cc4c(=O)c3c(O)c2C1(C)C. The minimum Gasteiger partial charge on any atom is -0.507 e. The van der Waals surface area contributed by atoms with Crippen LogP contribution in [0.25, 0.3) is 21.9 Å². The first-order chi connectivity index (χ1) is 11.2. The van der Waals surface area contributed by atoms with E-state index < -0.39 is 16.6 Å². The second kappa shape index (κ2) is 4.35. The first-order valence-electron chi connectivity index (χ1n) is 7.57. The fourth-order valence-corrected chi connectivity index (χ4v) is 3.25. The maximum absolute atomic E-state index is 12.8. The summed E-state index contributed by atoms with van der Waals surface area (Å²) in [5.41, 5.74) is -0.0907. The van der Waals surface area contributed by atoms with Crippen LogP contribution in [0.5, 0.6) is 23.0 Å². The predicted molar refractivity (Wildman–Crippen MR) is 88.1 cm³/mol. The zero-order valence-electron chi connectivity index (χ0n) is 13.4. The number of ether oxygens (including phenoxy) is 1. The van der Waals surface area contributed by atoms with Gasteiger partial charge in [0, 0.05) is 23.1 Å². The Balaban J connectivity index is 2.19. The molecule has 4 rings (SSSR count). The van der Waals surface area contributed by atoms with Crippen molar-refractivity contribution in [2.24, 2.45) is 0 Å². The van der Waals surface area contributed by atoms with Crippen LogP contribution in [0.3, 0.4) is 0 Å². The third-order valence-corrected chi connectivity index (χ3v) is 4.96. The van der Waals surface area contributed by atoms with E-state index in [2.05, 4.69) is 0 Å². The molecule has 0 saturated carbocycles. The minimum absolute atomic E-state index is 0.0390. The molecule has 1 aliphatic rings. The Morgan fingerprint density at radius 2 is 1.71 bits per heavy atom. The van der Waals surface area contributed by atoms with E-state index in [0.29, 0.717) is 11.3 Å². The second-order valence-electron chi connectivity index (χ2n) is 6.72. The molecule has 0 bridgehead atoms. The molecule has 0 fully saturated rings. The minimum atomic E-state index is -0.475. The highest BCUT2D eigenvalue weighted by atomic mass is 16.5. The predicted octanol–water partition coefficient (Wildman–Crippen LogP) is 3.12. The summed E-state index contributed by atoms with van der Waals surface area (Å²) in [5.74, 6) is -0.503. The van der Waals surface area contributed by atoms with E-state index in [1.165, 1.54) is 6.07 Å². The van der Waals surface area contributed by atoms with Gasteiger partial charge in [0.25, 0.3) is 0 Å². The van der Waals surface area contributed by atoms with Crippen molar-refractivity contribution < 1.29 is 24.5 Å². The summed E-state index contributed by atoms with van der Waals surface area (Å²) >= 11 is 0. The van der Waals surface area contributed by atoms with Gasteiger partial charge in [0.05, 0.1) is 5.39 Å². The van der Waals surface area contributed by atoms with Gasteiger partial charge in [-0.3, -0.25) is 4.79 Å². The van der Waals surface area contributed by atoms with Gasteiger partial charge in [-0.1, -0.05) is 13.8 Å². The molecule has 2 aromatic carbocycles. The fraction of sp³-hybridized carbons (Fsp3) is 0.278. The molecule has 6 heteroatoms. The van der Waals surface area contributed by atoms with Crippen molar-refractivity contribution in [3.8, 4) is 23.0 Å². The van der Waals surface area contributed by atoms with Gasteiger partial charge in [-0.15, -0.1) is 0 Å². The lowest BCUT2D eigenvalue weighted by Gasteiger charge is -2.22. The van der Waals surface area contributed by atoms with Gasteiger partial charge < -0.3 is 24.5 Å². The second-order valence-corrected chi connectivity index (χ2v) is 6.72. The first kappa shape index (κ1) is 14.7. The summed E-state index contributed by atoms with van der Waals surface area (Å²) < 4.78 is 11.5. The van der Waals surface area contributed by atoms with Crippen LogP contribution in [-0.4, -0.2) is 21.4 Å². The zero-order chi connectivity index (χ0) is 17.4. The van der Waals surface area contributed by atoms with E-state index in [1.54, 1.807) is 6.07 Å². The van der Waals surface area contributed by atoms with E-state index in [9.17, 15) is 20.1 Å². The Labute approximate surface area is 136 Å². The Morgan fingerprint density at radius 1 is 1.04 bits per heavy atom. The number of fused-ring (bicyclic) bond motifs is 3. The van der Waals surface area contributed by atoms with Crippen molar-refractivity contribution >= 4 is 21.9 Å². The van der Waals surface area contributed by atoms with Crippen molar-refractivity contribution in [2.75, 3.05) is 0 Å². The molecule has 0 radical (unpaired) electrons. The monoisotopic (exact) mass is 328 g/mol. The molecular formula is C18H16O6. The number of phenols is 3. The largest absolute Gasteiger partial charge is 0.507 e. The summed E-state index contributed by atoms with van der Waals surface area (Å²) in [4.78, 5) is 12.8. The molecule has 0 spiro atoms. The number of hydrogen-bond acceptors (Lipinski definition) is 6. The number of benzene rings is 2. The normalized spacial score (nSPS) is 18.7. The number of rotatable bonds is 0. The van der Waals surface area contributed by atoms with Gasteiger partial charge in [0.1, 0.15) is 34.2 Å². The van der Waals surface area contributed by atoms with E-state index in [4.69, 9.17) is 9.15 Å². The molecule has 2 heterocycles. The highest BCUT2D eigenvalue weighted by molar-refractivity contribution is 5.96. The molecular weight excluding hydrogens is 312 g/mol. The summed E-state index contributed by atoms with van der Waals surface area (Å²) in [7, 11) is 0. The molecule has 1 aliphatic heterocycles. The smallest absolute Gasteiger partial charge is 0.204 e. The van der Waals surface area contributed by atoms with Crippen LogP contribution in [0.1, 0.15) is 26.3 Å². The lowest BCUT2D eigenvalue weighted by atomic mass is 9.80. The Morgan fingerprint density at radius 3 is 2.42 bits per heavy atom. The Hall–Kier alpha value is -2.89. The average Bonchev–Trinajstić information content (AvgIpc) is 2.71. The van der Waals surface area contributed by atoms with Crippen LogP contribution in [0.4, 0.5) is 0 Å². The Kier molecular flexibility index (Phi) is 2.66. The summed E-state index contributed by atoms with van der Waals surface area (Å²) in [6, 6.07) is 3.89.